The number of rotatable bonds is 6. The Morgan fingerprint density at radius 1 is 1.18 bits per heavy atom. The van der Waals surface area contributed by atoms with Gasteiger partial charge in [-0.1, -0.05) is 18.2 Å². The summed E-state index contributed by atoms with van der Waals surface area (Å²) in [7, 11) is 1.56. The number of nitrogens with one attached hydrogen (secondary N) is 1. The molecule has 1 aliphatic rings. The van der Waals surface area contributed by atoms with Crippen molar-refractivity contribution in [3.63, 3.8) is 0 Å². The first-order valence-corrected chi connectivity index (χ1v) is 9.05. The van der Waals surface area contributed by atoms with E-state index >= 15 is 0 Å². The second kappa shape index (κ2) is 8.56. The number of methoxy groups -OCH3 is 1. The smallest absolute Gasteiger partial charge is 0.340 e. The van der Waals surface area contributed by atoms with Crippen LogP contribution in [-0.2, 0) is 14.3 Å². The average Bonchev–Trinajstić information content (AvgIpc) is 3.10. The minimum absolute atomic E-state index is 0.102. The maximum absolute atomic E-state index is 12.7. The van der Waals surface area contributed by atoms with Gasteiger partial charge in [-0.15, -0.1) is 0 Å². The van der Waals surface area contributed by atoms with Crippen LogP contribution < -0.4 is 15.0 Å². The van der Waals surface area contributed by atoms with E-state index in [1.807, 2.05) is 0 Å². The summed E-state index contributed by atoms with van der Waals surface area (Å²) in [6.45, 7) is 2.23. The molecule has 7 nitrogen and oxygen atoms in total. The van der Waals surface area contributed by atoms with Crippen LogP contribution in [0.25, 0.3) is 0 Å². The summed E-state index contributed by atoms with van der Waals surface area (Å²) in [5, 5.41) is 2.76. The van der Waals surface area contributed by atoms with E-state index in [9.17, 15) is 14.4 Å². The Balaban J connectivity index is 1.73. The zero-order valence-electron chi connectivity index (χ0n) is 15.8. The van der Waals surface area contributed by atoms with Gasteiger partial charge in [0.1, 0.15) is 5.75 Å². The second-order valence-electron chi connectivity index (χ2n) is 6.36. The van der Waals surface area contributed by atoms with Crippen LogP contribution in [-0.4, -0.2) is 38.0 Å². The number of anilines is 2. The SMILES string of the molecule is CCOC(=O)c1ccccc1NC(=O)[C@@H]1CC(=O)N(c2cccc(OC)c2)C1. The summed E-state index contributed by atoms with van der Waals surface area (Å²) >= 11 is 0. The quantitative estimate of drug-likeness (QED) is 0.777. The molecule has 28 heavy (non-hydrogen) atoms. The molecule has 0 unspecified atom stereocenters. The van der Waals surface area contributed by atoms with E-state index in [0.717, 1.165) is 0 Å². The van der Waals surface area contributed by atoms with E-state index in [-0.39, 0.29) is 37.0 Å². The Kier molecular flexibility index (Phi) is 5.93. The van der Waals surface area contributed by atoms with E-state index in [1.54, 1.807) is 67.5 Å². The van der Waals surface area contributed by atoms with Crippen LogP contribution in [0, 0.1) is 5.92 Å². The topological polar surface area (TPSA) is 84.9 Å². The minimum atomic E-state index is -0.519. The Morgan fingerprint density at radius 2 is 1.96 bits per heavy atom. The number of hydrogen-bond acceptors (Lipinski definition) is 5. The van der Waals surface area contributed by atoms with Gasteiger partial charge in [0.05, 0.1) is 30.9 Å². The molecule has 1 atom stereocenters. The van der Waals surface area contributed by atoms with Crippen molar-refractivity contribution in [2.45, 2.75) is 13.3 Å². The molecule has 1 aliphatic heterocycles. The molecule has 2 aromatic carbocycles. The number of carbonyl (C=O) groups excluding carboxylic acids is 3. The standard InChI is InChI=1S/C21H22N2O5/c1-3-28-21(26)17-9-4-5-10-18(17)22-20(25)14-11-19(24)23(13-14)15-7-6-8-16(12-15)27-2/h4-10,12,14H,3,11,13H2,1-2H3,(H,22,25)/t14-/m1/s1. The number of carbonyl (C=O) groups is 3. The van der Waals surface area contributed by atoms with E-state index in [2.05, 4.69) is 5.32 Å². The number of benzene rings is 2. The fourth-order valence-corrected chi connectivity index (χ4v) is 3.12. The molecule has 1 fully saturated rings. The largest absolute Gasteiger partial charge is 0.497 e. The van der Waals surface area contributed by atoms with Gasteiger partial charge in [0.25, 0.3) is 0 Å². The Bertz CT molecular complexity index is 896. The molecule has 2 aromatic rings. The van der Waals surface area contributed by atoms with Gasteiger partial charge >= 0.3 is 5.97 Å². The Hall–Kier alpha value is -3.35. The van der Waals surface area contributed by atoms with Gasteiger partial charge in [-0.3, -0.25) is 9.59 Å². The van der Waals surface area contributed by atoms with Crippen LogP contribution in [0.2, 0.25) is 0 Å². The lowest BCUT2D eigenvalue weighted by Gasteiger charge is -2.17. The highest BCUT2D eigenvalue weighted by molar-refractivity contribution is 6.06. The zero-order chi connectivity index (χ0) is 20.1. The van der Waals surface area contributed by atoms with Crippen LogP contribution >= 0.6 is 0 Å². The molecule has 2 amide bonds. The number of para-hydroxylation sites is 1. The number of ether oxygens (including phenoxy) is 2. The summed E-state index contributed by atoms with van der Waals surface area (Å²) in [6.07, 6.45) is 0.102. The lowest BCUT2D eigenvalue weighted by molar-refractivity contribution is -0.122. The van der Waals surface area contributed by atoms with Crippen molar-refractivity contribution in [2.75, 3.05) is 30.5 Å². The van der Waals surface area contributed by atoms with Gasteiger partial charge in [-0.25, -0.2) is 4.79 Å². The summed E-state index contributed by atoms with van der Waals surface area (Å²) in [5.74, 6) is -0.822. The lowest BCUT2D eigenvalue weighted by atomic mass is 10.1. The van der Waals surface area contributed by atoms with Crippen molar-refractivity contribution >= 4 is 29.2 Å². The predicted molar refractivity (Wildman–Crippen MR) is 104 cm³/mol. The molecular weight excluding hydrogens is 360 g/mol. The van der Waals surface area contributed by atoms with Crippen molar-refractivity contribution < 1.29 is 23.9 Å². The fraction of sp³-hybridized carbons (Fsp3) is 0.286. The Morgan fingerprint density at radius 3 is 2.71 bits per heavy atom. The Labute approximate surface area is 163 Å². The predicted octanol–water partition coefficient (Wildman–Crippen LogP) is 2.86. The number of amides is 2. The van der Waals surface area contributed by atoms with Gasteiger partial charge in [0.15, 0.2) is 0 Å². The van der Waals surface area contributed by atoms with E-state index in [0.29, 0.717) is 17.1 Å². The van der Waals surface area contributed by atoms with Gasteiger partial charge < -0.3 is 19.7 Å². The van der Waals surface area contributed by atoms with Gasteiger partial charge in [0, 0.05) is 24.7 Å². The summed E-state index contributed by atoms with van der Waals surface area (Å²) < 4.78 is 10.2. The number of nitrogens with zero attached hydrogens (tertiary/aromatic N) is 1. The van der Waals surface area contributed by atoms with E-state index < -0.39 is 11.9 Å². The molecular formula is C21H22N2O5. The molecule has 1 N–H and O–H groups in total. The van der Waals surface area contributed by atoms with Crippen molar-refractivity contribution in [1.29, 1.82) is 0 Å². The van der Waals surface area contributed by atoms with Crippen LogP contribution in [0.3, 0.4) is 0 Å². The molecule has 146 valence electrons. The molecule has 0 saturated carbocycles. The molecule has 0 spiro atoms. The van der Waals surface area contributed by atoms with Gasteiger partial charge in [0.2, 0.25) is 11.8 Å². The van der Waals surface area contributed by atoms with Gasteiger partial charge in [-0.2, -0.15) is 0 Å². The second-order valence-corrected chi connectivity index (χ2v) is 6.36. The third-order valence-corrected chi connectivity index (χ3v) is 4.54. The van der Waals surface area contributed by atoms with Gasteiger partial charge in [-0.05, 0) is 31.2 Å². The highest BCUT2D eigenvalue weighted by Crippen LogP contribution is 2.29. The lowest BCUT2D eigenvalue weighted by Crippen LogP contribution is -2.28. The van der Waals surface area contributed by atoms with Crippen LogP contribution in [0.1, 0.15) is 23.7 Å². The van der Waals surface area contributed by atoms with E-state index in [1.165, 1.54) is 0 Å². The van der Waals surface area contributed by atoms with Crippen molar-refractivity contribution in [3.8, 4) is 5.75 Å². The highest BCUT2D eigenvalue weighted by atomic mass is 16.5. The van der Waals surface area contributed by atoms with Crippen LogP contribution in [0.15, 0.2) is 48.5 Å². The van der Waals surface area contributed by atoms with Crippen molar-refractivity contribution in [3.05, 3.63) is 54.1 Å². The van der Waals surface area contributed by atoms with E-state index in [4.69, 9.17) is 9.47 Å². The average molecular weight is 382 g/mol. The molecule has 0 bridgehead atoms. The first kappa shape index (κ1) is 19.4. The molecule has 1 saturated heterocycles. The first-order chi connectivity index (χ1) is 13.5. The normalized spacial score (nSPS) is 16.0. The maximum atomic E-state index is 12.7. The fourth-order valence-electron chi connectivity index (χ4n) is 3.12. The molecule has 3 rings (SSSR count). The summed E-state index contributed by atoms with van der Waals surface area (Å²) in [4.78, 5) is 38.8. The number of esters is 1. The van der Waals surface area contributed by atoms with Crippen LogP contribution in [0.4, 0.5) is 11.4 Å². The molecule has 0 aromatic heterocycles. The van der Waals surface area contributed by atoms with Crippen LogP contribution in [0.5, 0.6) is 5.75 Å². The van der Waals surface area contributed by atoms with Crippen molar-refractivity contribution in [2.24, 2.45) is 5.92 Å². The molecule has 0 aliphatic carbocycles. The first-order valence-electron chi connectivity index (χ1n) is 9.05. The molecule has 0 radical (unpaired) electrons. The molecule has 7 heteroatoms. The third-order valence-electron chi connectivity index (χ3n) is 4.54. The third kappa shape index (κ3) is 4.14. The highest BCUT2D eigenvalue weighted by Gasteiger charge is 2.35. The minimum Gasteiger partial charge on any atom is -0.497 e. The molecule has 1 heterocycles. The summed E-state index contributed by atoms with van der Waals surface area (Å²) in [5.41, 5.74) is 1.34. The maximum Gasteiger partial charge on any atom is 0.340 e. The monoisotopic (exact) mass is 382 g/mol. The number of hydrogen-bond donors (Lipinski definition) is 1. The zero-order valence-corrected chi connectivity index (χ0v) is 15.8. The summed E-state index contributed by atoms with van der Waals surface area (Å²) in [6, 6.07) is 13.8. The van der Waals surface area contributed by atoms with Crippen molar-refractivity contribution in [1.82, 2.24) is 0 Å².